The minimum atomic E-state index is -3.49. The Morgan fingerprint density at radius 1 is 0.818 bits per heavy atom. The molecule has 3 aromatic rings. The van der Waals surface area contributed by atoms with Gasteiger partial charge in [-0.05, 0) is 68.4 Å². The molecular weight excluding hydrogens is 442 g/mol. The summed E-state index contributed by atoms with van der Waals surface area (Å²) in [6.07, 6.45) is 0. The molecule has 9 heteroatoms. The molecule has 0 bridgehead atoms. The quantitative estimate of drug-likeness (QED) is 0.539. The van der Waals surface area contributed by atoms with E-state index in [0.29, 0.717) is 22.6 Å². The van der Waals surface area contributed by atoms with Crippen LogP contribution in [0.5, 0.6) is 0 Å². The zero-order valence-corrected chi connectivity index (χ0v) is 18.7. The highest BCUT2D eigenvalue weighted by atomic mass is 32.2. The Labute approximate surface area is 191 Å². The maximum atomic E-state index is 12.9. The molecule has 0 fully saturated rings. The number of carbonyl (C=O) groups is 3. The van der Waals surface area contributed by atoms with Crippen molar-refractivity contribution >= 4 is 44.8 Å². The van der Waals surface area contributed by atoms with E-state index < -0.39 is 33.0 Å². The zero-order chi connectivity index (χ0) is 23.8. The first kappa shape index (κ1) is 22.2. The molecule has 0 saturated heterocycles. The molecule has 4 rings (SSSR count). The maximum Gasteiger partial charge on any atom is 0.266 e. The fourth-order valence-electron chi connectivity index (χ4n) is 3.31. The van der Waals surface area contributed by atoms with Gasteiger partial charge in [-0.3, -0.25) is 19.1 Å². The number of hydrogen-bond donors (Lipinski definition) is 2. The smallest absolute Gasteiger partial charge is 0.266 e. The van der Waals surface area contributed by atoms with Crippen molar-refractivity contribution in [2.75, 3.05) is 14.9 Å². The van der Waals surface area contributed by atoms with Crippen LogP contribution in [0, 0.1) is 0 Å². The molecule has 33 heavy (non-hydrogen) atoms. The standard InChI is InChI=1S/C24H21N3O5S/c1-15(2)33(31,32)26-17-10-8-16(9-11-17)22(28)25-18-12-13-20-21(14-18)24(30)27(23(20)29)19-6-4-3-5-7-19/h3-15,26H,1-2H3,(H,25,28). The molecule has 0 radical (unpaired) electrons. The first-order valence-electron chi connectivity index (χ1n) is 10.2. The SMILES string of the molecule is CC(C)S(=O)(=O)Nc1ccc(C(=O)Nc2ccc3c(c2)C(=O)N(c2ccccc2)C3=O)cc1. The molecule has 0 aromatic heterocycles. The summed E-state index contributed by atoms with van der Waals surface area (Å²) >= 11 is 0. The molecule has 0 saturated carbocycles. The van der Waals surface area contributed by atoms with Gasteiger partial charge in [0.1, 0.15) is 0 Å². The maximum absolute atomic E-state index is 12.9. The van der Waals surface area contributed by atoms with E-state index in [2.05, 4.69) is 10.0 Å². The minimum Gasteiger partial charge on any atom is -0.322 e. The lowest BCUT2D eigenvalue weighted by atomic mass is 10.1. The molecule has 0 aliphatic carbocycles. The Hall–Kier alpha value is -3.98. The van der Waals surface area contributed by atoms with Gasteiger partial charge in [-0.15, -0.1) is 0 Å². The summed E-state index contributed by atoms with van der Waals surface area (Å²) in [4.78, 5) is 39.3. The lowest BCUT2D eigenvalue weighted by Crippen LogP contribution is -2.29. The third kappa shape index (κ3) is 4.35. The van der Waals surface area contributed by atoms with E-state index in [0.717, 1.165) is 4.90 Å². The van der Waals surface area contributed by atoms with Crippen LogP contribution in [0.15, 0.2) is 72.8 Å². The Morgan fingerprint density at radius 2 is 1.42 bits per heavy atom. The Kier molecular flexibility index (Phi) is 5.73. The number of anilines is 3. The predicted octanol–water partition coefficient (Wildman–Crippen LogP) is 3.89. The van der Waals surface area contributed by atoms with Crippen molar-refractivity contribution < 1.29 is 22.8 Å². The van der Waals surface area contributed by atoms with Crippen LogP contribution in [0.25, 0.3) is 0 Å². The summed E-state index contributed by atoms with van der Waals surface area (Å²) in [5.41, 5.74) is 1.96. The second kappa shape index (κ2) is 8.51. The van der Waals surface area contributed by atoms with E-state index in [1.807, 2.05) is 0 Å². The minimum absolute atomic E-state index is 0.208. The number of benzene rings is 3. The summed E-state index contributed by atoms with van der Waals surface area (Å²) in [7, 11) is -3.49. The number of amides is 3. The van der Waals surface area contributed by atoms with Crippen molar-refractivity contribution in [3.05, 3.63) is 89.5 Å². The average Bonchev–Trinajstić information content (AvgIpc) is 3.04. The van der Waals surface area contributed by atoms with Gasteiger partial charge >= 0.3 is 0 Å². The molecule has 1 aliphatic heterocycles. The first-order valence-corrected chi connectivity index (χ1v) is 11.7. The van der Waals surface area contributed by atoms with E-state index in [4.69, 9.17) is 0 Å². The zero-order valence-electron chi connectivity index (χ0n) is 17.9. The highest BCUT2D eigenvalue weighted by molar-refractivity contribution is 7.93. The highest BCUT2D eigenvalue weighted by Gasteiger charge is 2.36. The molecule has 8 nitrogen and oxygen atoms in total. The summed E-state index contributed by atoms with van der Waals surface area (Å²) < 4.78 is 26.4. The number of fused-ring (bicyclic) bond motifs is 1. The number of nitrogens with one attached hydrogen (secondary N) is 2. The molecule has 0 atom stereocenters. The van der Waals surface area contributed by atoms with Crippen LogP contribution in [0.2, 0.25) is 0 Å². The summed E-state index contributed by atoms with van der Waals surface area (Å²) in [5.74, 6) is -1.32. The molecule has 1 heterocycles. The number of nitrogens with zero attached hydrogens (tertiary/aromatic N) is 1. The second-order valence-electron chi connectivity index (χ2n) is 7.77. The van der Waals surface area contributed by atoms with Crippen LogP contribution >= 0.6 is 0 Å². The highest BCUT2D eigenvalue weighted by Crippen LogP contribution is 2.30. The number of imide groups is 1. The third-order valence-corrected chi connectivity index (χ3v) is 6.95. The van der Waals surface area contributed by atoms with Crippen LogP contribution in [0.4, 0.5) is 17.1 Å². The normalized spacial score (nSPS) is 13.2. The summed E-state index contributed by atoms with van der Waals surface area (Å²) in [6.45, 7) is 3.14. The monoisotopic (exact) mass is 463 g/mol. The van der Waals surface area contributed by atoms with E-state index in [1.165, 1.54) is 36.4 Å². The predicted molar refractivity (Wildman–Crippen MR) is 126 cm³/mol. The van der Waals surface area contributed by atoms with E-state index >= 15 is 0 Å². The largest absolute Gasteiger partial charge is 0.322 e. The number of carbonyl (C=O) groups excluding carboxylic acids is 3. The number of rotatable bonds is 6. The van der Waals surface area contributed by atoms with Gasteiger partial charge in [0.25, 0.3) is 17.7 Å². The van der Waals surface area contributed by atoms with Crippen LogP contribution in [0.3, 0.4) is 0 Å². The molecular formula is C24H21N3O5S. The first-order chi connectivity index (χ1) is 15.7. The van der Waals surface area contributed by atoms with Crippen LogP contribution in [-0.4, -0.2) is 31.4 Å². The average molecular weight is 464 g/mol. The lowest BCUT2D eigenvalue weighted by Gasteiger charge is -2.13. The Bertz CT molecular complexity index is 1350. The van der Waals surface area contributed by atoms with E-state index in [-0.39, 0.29) is 11.1 Å². The topological polar surface area (TPSA) is 113 Å². The molecule has 1 aliphatic rings. The molecule has 2 N–H and O–H groups in total. The Balaban J connectivity index is 1.50. The molecule has 0 unspecified atom stereocenters. The van der Waals surface area contributed by atoms with E-state index in [1.54, 1.807) is 50.2 Å². The van der Waals surface area contributed by atoms with Crippen LogP contribution in [0.1, 0.15) is 44.9 Å². The number of hydrogen-bond acceptors (Lipinski definition) is 5. The van der Waals surface area contributed by atoms with Crippen LogP contribution in [-0.2, 0) is 10.0 Å². The summed E-state index contributed by atoms with van der Waals surface area (Å²) in [5, 5.41) is 2.11. The van der Waals surface area contributed by atoms with Gasteiger partial charge in [-0.1, -0.05) is 18.2 Å². The molecule has 168 valence electrons. The second-order valence-corrected chi connectivity index (χ2v) is 10.0. The number of sulfonamides is 1. The fourth-order valence-corrected chi connectivity index (χ4v) is 4.01. The third-order valence-electron chi connectivity index (χ3n) is 5.19. The molecule has 3 amide bonds. The van der Waals surface area contributed by atoms with Crippen molar-refractivity contribution in [2.24, 2.45) is 0 Å². The van der Waals surface area contributed by atoms with E-state index in [9.17, 15) is 22.8 Å². The summed E-state index contributed by atoms with van der Waals surface area (Å²) in [6, 6.07) is 19.1. The lowest BCUT2D eigenvalue weighted by molar-refractivity contribution is 0.0924. The molecule has 3 aromatic carbocycles. The van der Waals surface area contributed by atoms with Gasteiger partial charge in [0, 0.05) is 16.9 Å². The van der Waals surface area contributed by atoms with Crippen molar-refractivity contribution in [1.29, 1.82) is 0 Å². The van der Waals surface area contributed by atoms with Gasteiger partial charge in [-0.25, -0.2) is 13.3 Å². The van der Waals surface area contributed by atoms with Gasteiger partial charge in [-0.2, -0.15) is 0 Å². The van der Waals surface area contributed by atoms with Crippen molar-refractivity contribution in [2.45, 2.75) is 19.1 Å². The Morgan fingerprint density at radius 3 is 2.06 bits per heavy atom. The van der Waals surface area contributed by atoms with Crippen molar-refractivity contribution in [3.8, 4) is 0 Å². The number of para-hydroxylation sites is 1. The molecule has 0 spiro atoms. The fraction of sp³-hybridized carbons (Fsp3) is 0.125. The van der Waals surface area contributed by atoms with Gasteiger partial charge in [0.05, 0.1) is 22.1 Å². The van der Waals surface area contributed by atoms with Gasteiger partial charge in [0.15, 0.2) is 0 Å². The van der Waals surface area contributed by atoms with Crippen LogP contribution < -0.4 is 14.9 Å². The van der Waals surface area contributed by atoms with Crippen molar-refractivity contribution in [1.82, 2.24) is 0 Å². The van der Waals surface area contributed by atoms with Gasteiger partial charge < -0.3 is 5.32 Å². The van der Waals surface area contributed by atoms with Crippen molar-refractivity contribution in [3.63, 3.8) is 0 Å². The van der Waals surface area contributed by atoms with Gasteiger partial charge in [0.2, 0.25) is 10.0 Å².